The number of piperidine rings is 1. The van der Waals surface area contributed by atoms with E-state index >= 15 is 0 Å². The number of aromatic nitrogens is 1. The molecule has 138 valence electrons. The molecular weight excluding hydrogens is 332 g/mol. The van der Waals surface area contributed by atoms with Gasteiger partial charge in [0.1, 0.15) is 5.54 Å². The van der Waals surface area contributed by atoms with E-state index < -0.39 is 23.5 Å². The second-order valence-electron chi connectivity index (χ2n) is 7.09. The van der Waals surface area contributed by atoms with Gasteiger partial charge in [0.25, 0.3) is 12.0 Å². The topological polar surface area (TPSA) is 74.6 Å². The number of nitrogens with zero attached hydrogens (tertiary/aromatic N) is 2. The molecule has 1 aliphatic heterocycles. The van der Waals surface area contributed by atoms with Gasteiger partial charge in [0.05, 0.1) is 11.3 Å². The summed E-state index contributed by atoms with van der Waals surface area (Å²) in [4.78, 5) is 26.2. The van der Waals surface area contributed by atoms with E-state index in [1.165, 1.54) is 0 Å². The minimum Gasteiger partial charge on any atom is -0.478 e. The summed E-state index contributed by atoms with van der Waals surface area (Å²) in [6, 6.07) is 1.22. The fraction of sp³-hybridized carbons (Fsp3) is 0.647. The third-order valence-electron chi connectivity index (χ3n) is 5.47. The van der Waals surface area contributed by atoms with E-state index in [1.807, 2.05) is 7.05 Å². The number of aromatic carboxylic acids is 1. The lowest BCUT2D eigenvalue weighted by molar-refractivity contribution is -0.0504. The number of halogens is 2. The molecule has 1 aliphatic carbocycles. The molecule has 0 atom stereocenters. The minimum absolute atomic E-state index is 0.0670. The molecule has 8 heteroatoms. The summed E-state index contributed by atoms with van der Waals surface area (Å²) in [5.74, 6) is -1.23. The number of likely N-dealkylation sites (tertiary alicyclic amines) is 1. The van der Waals surface area contributed by atoms with Gasteiger partial charge in [-0.05, 0) is 52.2 Å². The number of hydrogen-bond acceptors (Lipinski definition) is 4. The van der Waals surface area contributed by atoms with Gasteiger partial charge in [-0.3, -0.25) is 4.79 Å². The van der Waals surface area contributed by atoms with Gasteiger partial charge in [-0.1, -0.05) is 0 Å². The van der Waals surface area contributed by atoms with Gasteiger partial charge in [0, 0.05) is 18.3 Å². The number of nitrogens with one attached hydrogen (secondary N) is 1. The number of hydrogen-bond donors (Lipinski definition) is 2. The second-order valence-corrected chi connectivity index (χ2v) is 7.09. The van der Waals surface area contributed by atoms with E-state index in [0.717, 1.165) is 42.8 Å². The van der Waals surface area contributed by atoms with Crippen molar-refractivity contribution >= 4 is 11.7 Å². The van der Waals surface area contributed by atoms with Crippen LogP contribution >= 0.6 is 0 Å². The van der Waals surface area contributed by atoms with Crippen LogP contribution in [0.2, 0.25) is 0 Å². The van der Waals surface area contributed by atoms with Gasteiger partial charge >= 0.3 is 5.97 Å². The molecule has 2 heterocycles. The molecule has 2 N–H and O–H groups in total. The molecule has 1 saturated carbocycles. The zero-order valence-electron chi connectivity index (χ0n) is 14.2. The van der Waals surface area contributed by atoms with Crippen LogP contribution in [0.25, 0.3) is 0 Å². The van der Waals surface area contributed by atoms with Crippen LogP contribution in [0.4, 0.5) is 14.5 Å². The van der Waals surface area contributed by atoms with Crippen LogP contribution in [0, 0.1) is 0 Å². The Bertz CT molecular complexity index is 708. The highest BCUT2D eigenvalue weighted by atomic mass is 19.3. The molecule has 2 fully saturated rings. The van der Waals surface area contributed by atoms with Crippen molar-refractivity contribution < 1.29 is 18.7 Å². The van der Waals surface area contributed by atoms with Gasteiger partial charge in [-0.25, -0.2) is 13.6 Å². The zero-order valence-corrected chi connectivity index (χ0v) is 14.2. The maximum atomic E-state index is 13.5. The van der Waals surface area contributed by atoms with E-state index in [-0.39, 0.29) is 30.1 Å². The van der Waals surface area contributed by atoms with E-state index in [2.05, 4.69) is 10.2 Å². The monoisotopic (exact) mass is 355 g/mol. The molecular formula is C17H23F2N3O3. The molecule has 3 rings (SSSR count). The van der Waals surface area contributed by atoms with Crippen LogP contribution in [0.15, 0.2) is 17.1 Å². The van der Waals surface area contributed by atoms with Gasteiger partial charge in [-0.2, -0.15) is 0 Å². The molecule has 1 aromatic rings. The summed E-state index contributed by atoms with van der Waals surface area (Å²) in [5.41, 5.74) is -2.06. The van der Waals surface area contributed by atoms with Crippen molar-refractivity contribution in [1.82, 2.24) is 9.47 Å². The number of pyridine rings is 1. The van der Waals surface area contributed by atoms with Crippen molar-refractivity contribution in [2.24, 2.45) is 0 Å². The molecule has 1 saturated heterocycles. The molecule has 0 amide bonds. The average Bonchev–Trinajstić information content (AvgIpc) is 2.49. The number of carboxylic acids is 1. The predicted octanol–water partition coefficient (Wildman–Crippen LogP) is 2.20. The Kier molecular flexibility index (Phi) is 4.81. The highest BCUT2D eigenvalue weighted by Gasteiger charge is 2.48. The van der Waals surface area contributed by atoms with Crippen LogP contribution < -0.4 is 10.9 Å². The molecule has 6 nitrogen and oxygen atoms in total. The highest BCUT2D eigenvalue weighted by Crippen LogP contribution is 2.43. The lowest BCUT2D eigenvalue weighted by Crippen LogP contribution is -2.51. The Morgan fingerprint density at radius 2 is 2.00 bits per heavy atom. The van der Waals surface area contributed by atoms with E-state index in [1.54, 1.807) is 0 Å². The normalized spacial score (nSPS) is 21.1. The quantitative estimate of drug-likeness (QED) is 0.847. The van der Waals surface area contributed by atoms with E-state index in [9.17, 15) is 23.5 Å². The predicted molar refractivity (Wildman–Crippen MR) is 89.6 cm³/mol. The van der Waals surface area contributed by atoms with Gasteiger partial charge in [0.15, 0.2) is 0 Å². The SMILES string of the molecule is CN1CCC(Nc2cc(=O)n(C3(C(F)F)CCC3)cc2C(=O)O)CC1. The van der Waals surface area contributed by atoms with Crippen LogP contribution in [0.3, 0.4) is 0 Å². The summed E-state index contributed by atoms with van der Waals surface area (Å²) >= 11 is 0. The van der Waals surface area contributed by atoms with E-state index in [4.69, 9.17) is 0 Å². The fourth-order valence-corrected chi connectivity index (χ4v) is 3.65. The molecule has 0 radical (unpaired) electrons. The summed E-state index contributed by atoms with van der Waals surface area (Å²) < 4.78 is 28.0. The maximum absolute atomic E-state index is 13.5. The summed E-state index contributed by atoms with van der Waals surface area (Å²) in [5, 5.41) is 12.6. The Labute approximate surface area is 144 Å². The second kappa shape index (κ2) is 6.74. The molecule has 0 aromatic carbocycles. The Hall–Kier alpha value is -1.96. The number of carboxylic acid groups (broad SMARTS) is 1. The number of anilines is 1. The first-order chi connectivity index (χ1) is 11.8. The van der Waals surface area contributed by atoms with Crippen molar-refractivity contribution in [3.63, 3.8) is 0 Å². The summed E-state index contributed by atoms with van der Waals surface area (Å²) in [7, 11) is 2.02. The van der Waals surface area contributed by atoms with E-state index in [0.29, 0.717) is 6.42 Å². The third kappa shape index (κ3) is 3.27. The smallest absolute Gasteiger partial charge is 0.339 e. The first-order valence-corrected chi connectivity index (χ1v) is 8.57. The largest absolute Gasteiger partial charge is 0.478 e. The molecule has 25 heavy (non-hydrogen) atoms. The Balaban J connectivity index is 1.93. The first-order valence-electron chi connectivity index (χ1n) is 8.57. The highest BCUT2D eigenvalue weighted by molar-refractivity contribution is 5.93. The van der Waals surface area contributed by atoms with Gasteiger partial charge in [0.2, 0.25) is 0 Å². The standard InChI is InChI=1S/C17H23F2N3O3/c1-21-7-3-11(4-8-21)20-13-9-14(23)22(10-12(13)15(24)25)17(16(18)19)5-2-6-17/h9-11,16,20H,2-8H2,1H3,(H,24,25). The molecule has 1 aromatic heterocycles. The van der Waals surface area contributed by atoms with Gasteiger partial charge < -0.3 is 19.9 Å². The lowest BCUT2D eigenvalue weighted by Gasteiger charge is -2.42. The Morgan fingerprint density at radius 1 is 1.36 bits per heavy atom. The fourth-order valence-electron chi connectivity index (χ4n) is 3.65. The third-order valence-corrected chi connectivity index (χ3v) is 5.47. The maximum Gasteiger partial charge on any atom is 0.339 e. The van der Waals surface area contributed by atoms with Crippen LogP contribution in [-0.2, 0) is 5.54 Å². The average molecular weight is 355 g/mol. The molecule has 2 aliphatic rings. The van der Waals surface area contributed by atoms with Crippen LogP contribution in [0.5, 0.6) is 0 Å². The number of rotatable bonds is 5. The molecule has 0 unspecified atom stereocenters. The summed E-state index contributed by atoms with van der Waals surface area (Å²) in [6.07, 6.45) is 1.03. The van der Waals surface area contributed by atoms with Crippen molar-refractivity contribution in [2.45, 2.75) is 50.1 Å². The summed E-state index contributed by atoms with van der Waals surface area (Å²) in [6.45, 7) is 1.76. The van der Waals surface area contributed by atoms with Gasteiger partial charge in [-0.15, -0.1) is 0 Å². The van der Waals surface area contributed by atoms with Crippen LogP contribution in [-0.4, -0.2) is 53.1 Å². The molecule has 0 bridgehead atoms. The van der Waals surface area contributed by atoms with Crippen LogP contribution in [0.1, 0.15) is 42.5 Å². The van der Waals surface area contributed by atoms with Crippen molar-refractivity contribution in [3.8, 4) is 0 Å². The van der Waals surface area contributed by atoms with Crippen molar-refractivity contribution in [3.05, 3.63) is 28.2 Å². The number of alkyl halides is 2. The zero-order chi connectivity index (χ0) is 18.2. The van der Waals surface area contributed by atoms with Crippen molar-refractivity contribution in [2.75, 3.05) is 25.5 Å². The van der Waals surface area contributed by atoms with Crippen molar-refractivity contribution in [1.29, 1.82) is 0 Å². The first kappa shape index (κ1) is 17.8. The lowest BCUT2D eigenvalue weighted by atomic mass is 9.76. The minimum atomic E-state index is -2.70. The number of carbonyl (C=O) groups is 1. The molecule has 0 spiro atoms. The Morgan fingerprint density at radius 3 is 2.48 bits per heavy atom.